The van der Waals surface area contributed by atoms with Gasteiger partial charge in [0.05, 0.1) is 4.91 Å². The molecular weight excluding hydrogens is 246 g/mol. The van der Waals surface area contributed by atoms with Crippen molar-refractivity contribution >= 4 is 28.9 Å². The van der Waals surface area contributed by atoms with Crippen LogP contribution in [0.2, 0.25) is 0 Å². The minimum absolute atomic E-state index is 0.0542. The summed E-state index contributed by atoms with van der Waals surface area (Å²) in [7, 11) is 1.97. The maximum atomic E-state index is 12.2. The Labute approximate surface area is 111 Å². The van der Waals surface area contributed by atoms with Gasteiger partial charge in [-0.1, -0.05) is 0 Å². The van der Waals surface area contributed by atoms with E-state index in [9.17, 15) is 4.79 Å². The minimum Gasteiger partial charge on any atom is -0.357 e. The zero-order valence-electron chi connectivity index (χ0n) is 10.9. The predicted octanol–water partition coefficient (Wildman–Crippen LogP) is 2.34. The van der Waals surface area contributed by atoms with Gasteiger partial charge in [0.25, 0.3) is 5.91 Å². The summed E-state index contributed by atoms with van der Waals surface area (Å²) in [5.74, 6) is 0.0542. The van der Waals surface area contributed by atoms with E-state index >= 15 is 0 Å². The standard InChI is InChI=1S/C13H17N3OS/c1-4-14-13-16(5-2)12(17)11(18-13)8-10-6-7-15(3)9-10/h6-9H,4-5H2,1-3H3/b11-8+,14-13?. The number of amides is 1. The zero-order chi connectivity index (χ0) is 13.1. The smallest absolute Gasteiger partial charge is 0.266 e. The molecule has 0 atom stereocenters. The van der Waals surface area contributed by atoms with Crippen LogP contribution in [0.4, 0.5) is 0 Å². The number of amidine groups is 1. The highest BCUT2D eigenvalue weighted by atomic mass is 32.2. The summed E-state index contributed by atoms with van der Waals surface area (Å²) < 4.78 is 1.97. The molecule has 96 valence electrons. The van der Waals surface area contributed by atoms with Crippen molar-refractivity contribution in [1.29, 1.82) is 0 Å². The molecule has 2 rings (SSSR count). The summed E-state index contributed by atoms with van der Waals surface area (Å²) in [4.78, 5) is 19.0. The summed E-state index contributed by atoms with van der Waals surface area (Å²) in [6, 6.07) is 1.99. The van der Waals surface area contributed by atoms with E-state index in [1.54, 1.807) is 4.90 Å². The van der Waals surface area contributed by atoms with E-state index in [-0.39, 0.29) is 5.91 Å². The Kier molecular flexibility index (Phi) is 3.91. The molecule has 0 aromatic carbocycles. The van der Waals surface area contributed by atoms with Crippen LogP contribution < -0.4 is 0 Å². The molecule has 5 heteroatoms. The van der Waals surface area contributed by atoms with Gasteiger partial charge in [0, 0.05) is 32.5 Å². The number of aromatic nitrogens is 1. The lowest BCUT2D eigenvalue weighted by atomic mass is 10.3. The first kappa shape index (κ1) is 13.0. The van der Waals surface area contributed by atoms with Crippen molar-refractivity contribution in [2.24, 2.45) is 12.0 Å². The zero-order valence-corrected chi connectivity index (χ0v) is 11.7. The molecule has 1 aromatic heterocycles. The lowest BCUT2D eigenvalue weighted by Crippen LogP contribution is -2.28. The molecule has 18 heavy (non-hydrogen) atoms. The van der Waals surface area contributed by atoms with Crippen molar-refractivity contribution in [3.63, 3.8) is 0 Å². The van der Waals surface area contributed by atoms with Gasteiger partial charge in [-0.05, 0) is 43.3 Å². The first-order chi connectivity index (χ1) is 8.65. The van der Waals surface area contributed by atoms with E-state index in [4.69, 9.17) is 0 Å². The molecule has 4 nitrogen and oxygen atoms in total. The third-order valence-corrected chi connectivity index (χ3v) is 3.69. The number of hydrogen-bond donors (Lipinski definition) is 0. The molecule has 1 aromatic rings. The van der Waals surface area contributed by atoms with E-state index in [1.165, 1.54) is 11.8 Å². The molecule has 1 fully saturated rings. The molecule has 1 aliphatic rings. The highest BCUT2D eigenvalue weighted by molar-refractivity contribution is 8.18. The van der Waals surface area contributed by atoms with Gasteiger partial charge >= 0.3 is 0 Å². The highest BCUT2D eigenvalue weighted by Gasteiger charge is 2.31. The van der Waals surface area contributed by atoms with Crippen LogP contribution in [0.1, 0.15) is 19.4 Å². The average molecular weight is 263 g/mol. The Morgan fingerprint density at radius 3 is 2.78 bits per heavy atom. The lowest BCUT2D eigenvalue weighted by Gasteiger charge is -2.11. The molecule has 0 spiro atoms. The fourth-order valence-electron chi connectivity index (χ4n) is 1.80. The Hall–Kier alpha value is -1.49. The van der Waals surface area contributed by atoms with E-state index in [1.807, 2.05) is 50.0 Å². The maximum Gasteiger partial charge on any atom is 0.266 e. The molecule has 1 aliphatic heterocycles. The summed E-state index contributed by atoms with van der Waals surface area (Å²) in [6.07, 6.45) is 5.88. The van der Waals surface area contributed by atoms with Gasteiger partial charge in [-0.25, -0.2) is 0 Å². The Morgan fingerprint density at radius 2 is 2.22 bits per heavy atom. The highest BCUT2D eigenvalue weighted by Crippen LogP contribution is 2.32. The molecule has 0 N–H and O–H groups in total. The second-order valence-corrected chi connectivity index (χ2v) is 5.04. The molecule has 0 saturated carbocycles. The quantitative estimate of drug-likeness (QED) is 0.785. The molecule has 0 aliphatic carbocycles. The first-order valence-electron chi connectivity index (χ1n) is 6.03. The Morgan fingerprint density at radius 1 is 1.44 bits per heavy atom. The molecular formula is C13H17N3OS. The van der Waals surface area contributed by atoms with Crippen LogP contribution >= 0.6 is 11.8 Å². The fraction of sp³-hybridized carbons (Fsp3) is 0.385. The SMILES string of the molecule is CCN=C1S/C(=C/c2ccn(C)c2)C(=O)N1CC. The molecule has 0 unspecified atom stereocenters. The number of nitrogens with zero attached hydrogens (tertiary/aromatic N) is 3. The average Bonchev–Trinajstić information content (AvgIpc) is 2.86. The van der Waals surface area contributed by atoms with Crippen LogP contribution in [0, 0.1) is 0 Å². The van der Waals surface area contributed by atoms with Gasteiger partial charge < -0.3 is 4.57 Å². The topological polar surface area (TPSA) is 37.6 Å². The van der Waals surface area contributed by atoms with Crippen LogP contribution in [0.5, 0.6) is 0 Å². The molecule has 2 heterocycles. The van der Waals surface area contributed by atoms with E-state index in [0.717, 1.165) is 15.6 Å². The number of carbonyl (C=O) groups excluding carboxylic acids is 1. The maximum absolute atomic E-state index is 12.2. The number of aliphatic imine (C=N–C) groups is 1. The largest absolute Gasteiger partial charge is 0.357 e. The van der Waals surface area contributed by atoms with Crippen molar-refractivity contribution in [3.8, 4) is 0 Å². The number of likely N-dealkylation sites (N-methyl/N-ethyl adjacent to an activating group) is 1. The molecule has 0 bridgehead atoms. The van der Waals surface area contributed by atoms with Gasteiger partial charge in [-0.3, -0.25) is 14.7 Å². The van der Waals surface area contributed by atoms with Crippen LogP contribution in [0.15, 0.2) is 28.4 Å². The van der Waals surface area contributed by atoms with E-state index < -0.39 is 0 Å². The number of aryl methyl sites for hydroxylation is 1. The lowest BCUT2D eigenvalue weighted by molar-refractivity contribution is -0.122. The van der Waals surface area contributed by atoms with Crippen LogP contribution in [0.25, 0.3) is 6.08 Å². The van der Waals surface area contributed by atoms with E-state index in [2.05, 4.69) is 4.99 Å². The van der Waals surface area contributed by atoms with Crippen LogP contribution in [-0.4, -0.2) is 33.6 Å². The first-order valence-corrected chi connectivity index (χ1v) is 6.85. The number of carbonyl (C=O) groups is 1. The van der Waals surface area contributed by atoms with Crippen molar-refractivity contribution in [3.05, 3.63) is 28.9 Å². The molecule has 0 radical (unpaired) electrons. The van der Waals surface area contributed by atoms with Gasteiger partial charge in [0.2, 0.25) is 0 Å². The van der Waals surface area contributed by atoms with Crippen molar-refractivity contribution in [2.45, 2.75) is 13.8 Å². The van der Waals surface area contributed by atoms with Gasteiger partial charge in [-0.2, -0.15) is 0 Å². The second-order valence-electron chi connectivity index (χ2n) is 4.03. The third kappa shape index (κ3) is 2.51. The summed E-state index contributed by atoms with van der Waals surface area (Å²) in [6.45, 7) is 5.31. The third-order valence-electron chi connectivity index (χ3n) is 2.65. The summed E-state index contributed by atoms with van der Waals surface area (Å²) in [5.41, 5.74) is 1.04. The van der Waals surface area contributed by atoms with Crippen molar-refractivity contribution in [1.82, 2.24) is 9.47 Å². The van der Waals surface area contributed by atoms with Crippen LogP contribution in [0.3, 0.4) is 0 Å². The molecule has 1 amide bonds. The number of thioether (sulfide) groups is 1. The van der Waals surface area contributed by atoms with Crippen molar-refractivity contribution < 1.29 is 4.79 Å². The molecule has 1 saturated heterocycles. The van der Waals surface area contributed by atoms with Crippen molar-refractivity contribution in [2.75, 3.05) is 13.1 Å². The summed E-state index contributed by atoms with van der Waals surface area (Å²) >= 11 is 1.46. The second kappa shape index (κ2) is 5.44. The van der Waals surface area contributed by atoms with E-state index in [0.29, 0.717) is 13.1 Å². The Bertz CT molecular complexity index is 516. The van der Waals surface area contributed by atoms with Gasteiger partial charge in [0.15, 0.2) is 5.17 Å². The Balaban J connectivity index is 2.28. The predicted molar refractivity (Wildman–Crippen MR) is 76.3 cm³/mol. The summed E-state index contributed by atoms with van der Waals surface area (Å²) in [5, 5.41) is 0.812. The van der Waals surface area contributed by atoms with Crippen LogP contribution in [-0.2, 0) is 11.8 Å². The number of hydrogen-bond acceptors (Lipinski definition) is 3. The monoisotopic (exact) mass is 263 g/mol. The fourth-order valence-corrected chi connectivity index (χ4v) is 2.91. The number of rotatable bonds is 3. The van der Waals surface area contributed by atoms with Gasteiger partial charge in [0.1, 0.15) is 0 Å². The minimum atomic E-state index is 0.0542. The normalized spacial score (nSPS) is 20.4. The van der Waals surface area contributed by atoms with Gasteiger partial charge in [-0.15, -0.1) is 0 Å².